The number of sulfonamides is 1. The second kappa shape index (κ2) is 6.38. The highest BCUT2D eigenvalue weighted by Crippen LogP contribution is 2.16. The van der Waals surface area contributed by atoms with Gasteiger partial charge < -0.3 is 4.42 Å². The second-order valence-corrected chi connectivity index (χ2v) is 8.91. The van der Waals surface area contributed by atoms with E-state index in [-0.39, 0.29) is 11.6 Å². The fourth-order valence-electron chi connectivity index (χ4n) is 1.93. The smallest absolute Gasteiger partial charge is 0.335 e. The minimum absolute atomic E-state index is 0.113. The zero-order valence-corrected chi connectivity index (χ0v) is 14.5. The van der Waals surface area contributed by atoms with Crippen molar-refractivity contribution in [2.75, 3.05) is 6.26 Å². The predicted octanol–water partition coefficient (Wildman–Crippen LogP) is 0.962. The number of nitrogens with one attached hydrogen (secondary N) is 1. The summed E-state index contributed by atoms with van der Waals surface area (Å²) in [7, 11) is -7.28. The molecule has 0 bridgehead atoms. The highest BCUT2D eigenvalue weighted by Gasteiger charge is 2.23. The van der Waals surface area contributed by atoms with Gasteiger partial charge in [-0.3, -0.25) is 0 Å². The van der Waals surface area contributed by atoms with Crippen molar-refractivity contribution in [1.29, 1.82) is 0 Å². The summed E-state index contributed by atoms with van der Waals surface area (Å²) in [5.74, 6) is -0.315. The van der Waals surface area contributed by atoms with Crippen molar-refractivity contribution in [3.05, 3.63) is 41.3 Å². The standard InChI is InChI=1S/C13H17N3O5S2/c1-9-5-4-6-11(7-9)8-23(19,20)16-10(2)12-14-15-13(21-12)22(3,17)18/h4-7,10,16H,8H2,1-3H3/t10-/m0/s1. The summed E-state index contributed by atoms with van der Waals surface area (Å²) in [4.78, 5) is 0. The maximum atomic E-state index is 12.2. The number of benzene rings is 1. The Bertz CT molecular complexity index is 903. The Kier molecular flexibility index (Phi) is 4.87. The molecule has 0 saturated heterocycles. The van der Waals surface area contributed by atoms with Crippen molar-refractivity contribution in [1.82, 2.24) is 14.9 Å². The van der Waals surface area contributed by atoms with E-state index in [1.165, 1.54) is 6.92 Å². The van der Waals surface area contributed by atoms with Crippen LogP contribution in [0.15, 0.2) is 33.9 Å². The fourth-order valence-corrected chi connectivity index (χ4v) is 3.70. The molecule has 1 N–H and O–H groups in total. The summed E-state index contributed by atoms with van der Waals surface area (Å²) in [6, 6.07) is 6.30. The lowest BCUT2D eigenvalue weighted by Gasteiger charge is -2.11. The summed E-state index contributed by atoms with van der Waals surface area (Å²) < 4.78 is 54.3. The van der Waals surface area contributed by atoms with Crippen LogP contribution in [0.5, 0.6) is 0 Å². The maximum Gasteiger partial charge on any atom is 0.335 e. The highest BCUT2D eigenvalue weighted by atomic mass is 32.2. The summed E-state index contributed by atoms with van der Waals surface area (Å²) in [6.45, 7) is 3.37. The van der Waals surface area contributed by atoms with Crippen LogP contribution in [0.3, 0.4) is 0 Å². The summed E-state index contributed by atoms with van der Waals surface area (Å²) in [5, 5.41) is 6.42. The van der Waals surface area contributed by atoms with Crippen LogP contribution in [0.1, 0.15) is 30.0 Å². The van der Waals surface area contributed by atoms with Crippen molar-refractivity contribution in [2.24, 2.45) is 0 Å². The van der Waals surface area contributed by atoms with E-state index < -0.39 is 31.1 Å². The van der Waals surface area contributed by atoms with Crippen LogP contribution in [-0.2, 0) is 25.6 Å². The van der Waals surface area contributed by atoms with Crippen molar-refractivity contribution < 1.29 is 21.3 Å². The van der Waals surface area contributed by atoms with Crippen molar-refractivity contribution in [3.63, 3.8) is 0 Å². The molecule has 0 aliphatic heterocycles. The number of aromatic nitrogens is 2. The van der Waals surface area contributed by atoms with Crippen LogP contribution < -0.4 is 4.72 Å². The Morgan fingerprint density at radius 1 is 1.22 bits per heavy atom. The Morgan fingerprint density at radius 3 is 2.48 bits per heavy atom. The van der Waals surface area contributed by atoms with E-state index in [2.05, 4.69) is 14.9 Å². The number of hydrogen-bond acceptors (Lipinski definition) is 7. The minimum atomic E-state index is -3.65. The maximum absolute atomic E-state index is 12.2. The third kappa shape index (κ3) is 4.85. The van der Waals surface area contributed by atoms with Gasteiger partial charge in [-0.2, -0.15) is 0 Å². The van der Waals surface area contributed by atoms with E-state index in [0.29, 0.717) is 5.56 Å². The molecule has 10 heteroatoms. The Morgan fingerprint density at radius 2 is 1.91 bits per heavy atom. The monoisotopic (exact) mass is 359 g/mol. The molecule has 2 rings (SSSR count). The first-order valence-electron chi connectivity index (χ1n) is 6.66. The quantitative estimate of drug-likeness (QED) is 0.816. The van der Waals surface area contributed by atoms with E-state index in [1.54, 1.807) is 18.2 Å². The summed E-state index contributed by atoms with van der Waals surface area (Å²) >= 11 is 0. The largest absolute Gasteiger partial charge is 0.411 e. The van der Waals surface area contributed by atoms with Crippen LogP contribution in [0.25, 0.3) is 0 Å². The second-order valence-electron chi connectivity index (χ2n) is 5.27. The SMILES string of the molecule is Cc1cccc(CS(=O)(=O)N[C@@H](C)c2nnc(S(C)(=O)=O)o2)c1. The third-order valence-electron chi connectivity index (χ3n) is 2.91. The van der Waals surface area contributed by atoms with Crippen molar-refractivity contribution in [2.45, 2.75) is 30.9 Å². The molecule has 0 amide bonds. The van der Waals surface area contributed by atoms with Crippen LogP contribution in [0.2, 0.25) is 0 Å². The third-order valence-corrected chi connectivity index (χ3v) is 5.13. The Labute approximate surface area is 134 Å². The first kappa shape index (κ1) is 17.6. The molecule has 1 atom stereocenters. The molecule has 0 aliphatic rings. The molecule has 0 fully saturated rings. The first-order chi connectivity index (χ1) is 10.6. The molecule has 0 saturated carbocycles. The van der Waals surface area contributed by atoms with Gasteiger partial charge in [0.15, 0.2) is 0 Å². The van der Waals surface area contributed by atoms with E-state index in [9.17, 15) is 16.8 Å². The van der Waals surface area contributed by atoms with Gasteiger partial charge in [0, 0.05) is 6.26 Å². The van der Waals surface area contributed by atoms with Crippen molar-refractivity contribution >= 4 is 19.9 Å². The molecular weight excluding hydrogens is 342 g/mol. The lowest BCUT2D eigenvalue weighted by Crippen LogP contribution is -2.28. The molecule has 0 radical (unpaired) electrons. The van der Waals surface area contributed by atoms with Gasteiger partial charge in [0.05, 0.1) is 11.8 Å². The van der Waals surface area contributed by atoms with Crippen LogP contribution in [0, 0.1) is 6.92 Å². The molecule has 1 heterocycles. The molecule has 23 heavy (non-hydrogen) atoms. The average molecular weight is 359 g/mol. The Balaban J connectivity index is 2.12. The number of sulfone groups is 1. The molecule has 0 aliphatic carbocycles. The molecule has 0 unspecified atom stereocenters. The molecule has 8 nitrogen and oxygen atoms in total. The van der Waals surface area contributed by atoms with Gasteiger partial charge in [-0.05, 0) is 19.4 Å². The van der Waals surface area contributed by atoms with Crippen LogP contribution >= 0.6 is 0 Å². The minimum Gasteiger partial charge on any atom is -0.411 e. The zero-order chi connectivity index (χ0) is 17.3. The number of rotatable bonds is 6. The lowest BCUT2D eigenvalue weighted by atomic mass is 10.2. The van der Waals surface area contributed by atoms with E-state index in [4.69, 9.17) is 4.42 Å². The molecule has 0 spiro atoms. The number of hydrogen-bond donors (Lipinski definition) is 1. The number of nitrogens with zero attached hydrogens (tertiary/aromatic N) is 2. The molecule has 1 aromatic heterocycles. The Hall–Kier alpha value is -1.78. The molecule has 1 aromatic carbocycles. The van der Waals surface area contributed by atoms with Crippen molar-refractivity contribution in [3.8, 4) is 0 Å². The molecule has 126 valence electrons. The van der Waals surface area contributed by atoms with Gasteiger partial charge in [0.25, 0.3) is 0 Å². The van der Waals surface area contributed by atoms with Gasteiger partial charge in [0.2, 0.25) is 25.8 Å². The summed E-state index contributed by atoms with van der Waals surface area (Å²) in [5.41, 5.74) is 1.60. The highest BCUT2D eigenvalue weighted by molar-refractivity contribution is 7.90. The number of aryl methyl sites for hydroxylation is 1. The van der Waals surface area contributed by atoms with Gasteiger partial charge in [-0.25, -0.2) is 21.6 Å². The van der Waals surface area contributed by atoms with E-state index in [1.807, 2.05) is 13.0 Å². The van der Waals surface area contributed by atoms with Crippen LogP contribution in [-0.4, -0.2) is 33.3 Å². The van der Waals surface area contributed by atoms with E-state index in [0.717, 1.165) is 11.8 Å². The lowest BCUT2D eigenvalue weighted by molar-refractivity contribution is 0.373. The predicted molar refractivity (Wildman–Crippen MR) is 82.8 cm³/mol. The van der Waals surface area contributed by atoms with Gasteiger partial charge in [-0.1, -0.05) is 34.9 Å². The normalized spacial score (nSPS) is 13.9. The average Bonchev–Trinajstić information content (AvgIpc) is 2.86. The fraction of sp³-hybridized carbons (Fsp3) is 0.385. The van der Waals surface area contributed by atoms with Gasteiger partial charge in [0.1, 0.15) is 0 Å². The first-order valence-corrected chi connectivity index (χ1v) is 10.2. The summed E-state index contributed by atoms with van der Waals surface area (Å²) in [6.07, 6.45) is 0.927. The van der Waals surface area contributed by atoms with Gasteiger partial charge >= 0.3 is 5.22 Å². The van der Waals surface area contributed by atoms with Gasteiger partial charge in [-0.15, -0.1) is 5.10 Å². The zero-order valence-electron chi connectivity index (χ0n) is 12.8. The molecule has 2 aromatic rings. The topological polar surface area (TPSA) is 119 Å². The van der Waals surface area contributed by atoms with Crippen LogP contribution in [0.4, 0.5) is 0 Å². The van der Waals surface area contributed by atoms with E-state index >= 15 is 0 Å². The molecular formula is C13H17N3O5S2.